The number of β-amino-alcohol motifs (C(OH)–C–C–N with tert-alkyl or cyclic N) is 1. The first kappa shape index (κ1) is 18.0. The Kier molecular flexibility index (Phi) is 5.13. The quantitative estimate of drug-likeness (QED) is 0.828. The van der Waals surface area contributed by atoms with Crippen molar-refractivity contribution in [1.29, 1.82) is 0 Å². The molecule has 0 aliphatic carbocycles. The number of aryl methyl sites for hydroxylation is 1. The number of fused-ring (bicyclic) bond motifs is 1. The van der Waals surface area contributed by atoms with Gasteiger partial charge in [0.2, 0.25) is 0 Å². The first-order chi connectivity index (χ1) is 13.1. The van der Waals surface area contributed by atoms with E-state index in [0.29, 0.717) is 32.7 Å². The van der Waals surface area contributed by atoms with Gasteiger partial charge in [-0.3, -0.25) is 9.58 Å². The van der Waals surface area contributed by atoms with Gasteiger partial charge >= 0.3 is 6.03 Å². The number of aliphatic hydroxyl groups excluding tert-OH is 1. The van der Waals surface area contributed by atoms with Crippen LogP contribution < -0.4 is 0 Å². The summed E-state index contributed by atoms with van der Waals surface area (Å²) in [4.78, 5) is 18.5. The van der Waals surface area contributed by atoms with Crippen LogP contribution in [0.4, 0.5) is 4.79 Å². The number of hydrogen-bond donors (Lipinski definition) is 1. The van der Waals surface area contributed by atoms with Gasteiger partial charge in [-0.2, -0.15) is 5.10 Å². The molecule has 144 valence electrons. The van der Waals surface area contributed by atoms with Crippen LogP contribution in [0.2, 0.25) is 0 Å². The van der Waals surface area contributed by atoms with Crippen molar-refractivity contribution in [2.45, 2.75) is 25.6 Å². The third-order valence-electron chi connectivity index (χ3n) is 5.57. The molecule has 1 atom stereocenters. The number of urea groups is 1. The van der Waals surface area contributed by atoms with Gasteiger partial charge in [-0.05, 0) is 23.6 Å². The molecule has 1 fully saturated rings. The highest BCUT2D eigenvalue weighted by Gasteiger charge is 2.30. The van der Waals surface area contributed by atoms with Gasteiger partial charge in [0, 0.05) is 52.5 Å². The van der Waals surface area contributed by atoms with Crippen molar-refractivity contribution in [3.8, 4) is 0 Å². The van der Waals surface area contributed by atoms with E-state index in [1.54, 1.807) is 15.8 Å². The van der Waals surface area contributed by atoms with Gasteiger partial charge in [-0.25, -0.2) is 4.79 Å². The number of benzene rings is 1. The molecule has 0 saturated carbocycles. The number of carbonyl (C=O) groups excluding carboxylic acids is 1. The van der Waals surface area contributed by atoms with Crippen molar-refractivity contribution in [2.75, 3.05) is 32.7 Å². The van der Waals surface area contributed by atoms with E-state index in [9.17, 15) is 9.90 Å². The standard InChI is InChI=1S/C20H27N5O2/c1-22-18(6-8-21-22)13-24-10-11-25(20(24)27)15-19(26)14-23-9-7-16-4-2-3-5-17(16)12-23/h2-6,8,19,26H,7,9-15H2,1H3. The van der Waals surface area contributed by atoms with Crippen LogP contribution in [-0.4, -0.2) is 74.4 Å². The summed E-state index contributed by atoms with van der Waals surface area (Å²) < 4.78 is 1.79. The van der Waals surface area contributed by atoms with E-state index in [4.69, 9.17) is 0 Å². The summed E-state index contributed by atoms with van der Waals surface area (Å²) in [6.07, 6.45) is 2.23. The molecule has 7 heteroatoms. The monoisotopic (exact) mass is 369 g/mol. The third kappa shape index (κ3) is 3.99. The van der Waals surface area contributed by atoms with Gasteiger partial charge in [-0.1, -0.05) is 24.3 Å². The molecule has 2 aliphatic rings. The fourth-order valence-corrected chi connectivity index (χ4v) is 4.02. The molecule has 2 amide bonds. The van der Waals surface area contributed by atoms with Gasteiger partial charge in [0.25, 0.3) is 0 Å². The molecular weight excluding hydrogens is 342 g/mol. The third-order valence-corrected chi connectivity index (χ3v) is 5.57. The maximum Gasteiger partial charge on any atom is 0.320 e. The molecule has 2 aromatic rings. The Morgan fingerprint density at radius 1 is 1.07 bits per heavy atom. The smallest absolute Gasteiger partial charge is 0.320 e. The summed E-state index contributed by atoms with van der Waals surface area (Å²) in [5, 5.41) is 14.7. The molecule has 0 bridgehead atoms. The lowest BCUT2D eigenvalue weighted by Gasteiger charge is -2.31. The molecule has 1 N–H and O–H groups in total. The van der Waals surface area contributed by atoms with E-state index in [0.717, 1.165) is 25.2 Å². The van der Waals surface area contributed by atoms with Crippen molar-refractivity contribution in [3.05, 3.63) is 53.3 Å². The van der Waals surface area contributed by atoms with Crippen molar-refractivity contribution in [1.82, 2.24) is 24.5 Å². The molecule has 1 unspecified atom stereocenters. The number of aromatic nitrogens is 2. The fraction of sp³-hybridized carbons (Fsp3) is 0.500. The Labute approximate surface area is 159 Å². The molecule has 27 heavy (non-hydrogen) atoms. The summed E-state index contributed by atoms with van der Waals surface area (Å²) in [5.41, 5.74) is 3.76. The summed E-state index contributed by atoms with van der Waals surface area (Å²) in [6.45, 7) is 4.72. The minimum atomic E-state index is -0.532. The number of carbonyl (C=O) groups is 1. The van der Waals surface area contributed by atoms with Gasteiger partial charge < -0.3 is 14.9 Å². The molecule has 7 nitrogen and oxygen atoms in total. The van der Waals surface area contributed by atoms with Crippen LogP contribution in [0.25, 0.3) is 0 Å². The molecular formula is C20H27N5O2. The molecule has 1 saturated heterocycles. The first-order valence-electron chi connectivity index (χ1n) is 9.58. The highest BCUT2D eigenvalue weighted by molar-refractivity contribution is 5.76. The van der Waals surface area contributed by atoms with E-state index >= 15 is 0 Å². The van der Waals surface area contributed by atoms with Crippen LogP contribution in [0, 0.1) is 0 Å². The largest absolute Gasteiger partial charge is 0.390 e. The zero-order valence-electron chi connectivity index (χ0n) is 15.8. The highest BCUT2D eigenvalue weighted by atomic mass is 16.3. The summed E-state index contributed by atoms with van der Waals surface area (Å²) in [5.74, 6) is 0. The summed E-state index contributed by atoms with van der Waals surface area (Å²) >= 11 is 0. The zero-order valence-corrected chi connectivity index (χ0v) is 15.8. The average Bonchev–Trinajstić information content (AvgIpc) is 3.22. The Hall–Kier alpha value is -2.38. The highest BCUT2D eigenvalue weighted by Crippen LogP contribution is 2.19. The summed E-state index contributed by atoms with van der Waals surface area (Å²) in [6, 6.07) is 10.4. The SMILES string of the molecule is Cn1nccc1CN1CCN(CC(O)CN2CCc3ccccc3C2)C1=O. The van der Waals surface area contributed by atoms with Crippen molar-refractivity contribution in [3.63, 3.8) is 0 Å². The molecule has 3 heterocycles. The Morgan fingerprint density at radius 3 is 2.63 bits per heavy atom. The lowest BCUT2D eigenvalue weighted by Crippen LogP contribution is -2.43. The van der Waals surface area contributed by atoms with Gasteiger partial charge in [0.15, 0.2) is 0 Å². The number of amides is 2. The van der Waals surface area contributed by atoms with Crippen molar-refractivity contribution >= 4 is 6.03 Å². The fourth-order valence-electron chi connectivity index (χ4n) is 4.02. The maximum atomic E-state index is 12.6. The van der Waals surface area contributed by atoms with Crippen molar-refractivity contribution < 1.29 is 9.90 Å². The summed E-state index contributed by atoms with van der Waals surface area (Å²) in [7, 11) is 1.88. The normalized spacial score (nSPS) is 18.8. The molecule has 1 aromatic heterocycles. The Balaban J connectivity index is 1.28. The van der Waals surface area contributed by atoms with E-state index in [2.05, 4.69) is 34.3 Å². The first-order valence-corrected chi connectivity index (χ1v) is 9.58. The average molecular weight is 369 g/mol. The topological polar surface area (TPSA) is 64.8 Å². The predicted octanol–water partition coefficient (Wildman–Crippen LogP) is 1.08. The van der Waals surface area contributed by atoms with Crippen LogP contribution in [0.1, 0.15) is 16.8 Å². The number of nitrogens with zero attached hydrogens (tertiary/aromatic N) is 5. The van der Waals surface area contributed by atoms with Crippen LogP contribution in [0.3, 0.4) is 0 Å². The second kappa shape index (κ2) is 7.70. The minimum absolute atomic E-state index is 0.000704. The maximum absolute atomic E-state index is 12.6. The van der Waals surface area contributed by atoms with Crippen LogP contribution in [-0.2, 0) is 26.6 Å². The van der Waals surface area contributed by atoms with Gasteiger partial charge in [0.1, 0.15) is 0 Å². The van der Waals surface area contributed by atoms with E-state index in [1.807, 2.05) is 18.0 Å². The van der Waals surface area contributed by atoms with E-state index < -0.39 is 6.10 Å². The second-order valence-corrected chi connectivity index (χ2v) is 7.50. The van der Waals surface area contributed by atoms with Gasteiger partial charge in [0.05, 0.1) is 18.3 Å². The molecule has 1 aromatic carbocycles. The van der Waals surface area contributed by atoms with Crippen LogP contribution in [0.15, 0.2) is 36.5 Å². The zero-order chi connectivity index (χ0) is 18.8. The van der Waals surface area contributed by atoms with Crippen molar-refractivity contribution in [2.24, 2.45) is 7.05 Å². The van der Waals surface area contributed by atoms with Crippen LogP contribution >= 0.6 is 0 Å². The van der Waals surface area contributed by atoms with E-state index in [1.165, 1.54) is 11.1 Å². The van der Waals surface area contributed by atoms with Gasteiger partial charge in [-0.15, -0.1) is 0 Å². The molecule has 2 aliphatic heterocycles. The molecule has 0 spiro atoms. The van der Waals surface area contributed by atoms with Crippen LogP contribution in [0.5, 0.6) is 0 Å². The second-order valence-electron chi connectivity index (χ2n) is 7.50. The minimum Gasteiger partial charge on any atom is -0.390 e. The molecule has 0 radical (unpaired) electrons. The Bertz CT molecular complexity index is 805. The molecule has 4 rings (SSSR count). The number of aliphatic hydroxyl groups is 1. The van der Waals surface area contributed by atoms with E-state index in [-0.39, 0.29) is 6.03 Å². The lowest BCUT2D eigenvalue weighted by atomic mass is 10.00. The lowest BCUT2D eigenvalue weighted by molar-refractivity contribution is 0.0811. The Morgan fingerprint density at radius 2 is 1.85 bits per heavy atom. The number of hydrogen-bond acceptors (Lipinski definition) is 4. The number of rotatable bonds is 6. The predicted molar refractivity (Wildman–Crippen MR) is 102 cm³/mol.